The lowest BCUT2D eigenvalue weighted by atomic mass is 9.92. The van der Waals surface area contributed by atoms with Gasteiger partial charge in [-0.3, -0.25) is 0 Å². The molecule has 1 unspecified atom stereocenters. The molecule has 1 nitrogen and oxygen atoms in total. The molecule has 1 rings (SSSR count). The Balaban J connectivity index is 2.68. The van der Waals surface area contributed by atoms with Gasteiger partial charge in [-0.1, -0.05) is 54.2 Å². The van der Waals surface area contributed by atoms with Crippen LogP contribution in [0.4, 0.5) is 0 Å². The second kappa shape index (κ2) is 8.06. The van der Waals surface area contributed by atoms with Crippen molar-refractivity contribution in [3.63, 3.8) is 0 Å². The van der Waals surface area contributed by atoms with Crippen LogP contribution in [-0.2, 0) is 0 Å². The Hall–Kier alpha value is -0.340. The fourth-order valence-electron chi connectivity index (χ4n) is 2.22. The maximum atomic E-state index is 3.65. The molecule has 0 aliphatic heterocycles. The predicted octanol–water partition coefficient (Wildman–Crippen LogP) is 5.50. The van der Waals surface area contributed by atoms with Gasteiger partial charge in [-0.25, -0.2) is 0 Å². The normalized spacial score (nSPS) is 13.5. The summed E-state index contributed by atoms with van der Waals surface area (Å²) in [7, 11) is 0. The Morgan fingerprint density at radius 1 is 1.21 bits per heavy atom. The van der Waals surface area contributed by atoms with Gasteiger partial charge in [0.2, 0.25) is 0 Å². The van der Waals surface area contributed by atoms with Crippen molar-refractivity contribution in [1.29, 1.82) is 0 Å². The molecule has 0 heterocycles. The minimum Gasteiger partial charge on any atom is -0.311 e. The zero-order chi connectivity index (χ0) is 14.3. The van der Waals surface area contributed by atoms with E-state index in [1.165, 1.54) is 35.7 Å². The second-order valence-corrected chi connectivity index (χ2v) is 7.29. The van der Waals surface area contributed by atoms with E-state index in [1.807, 2.05) is 0 Å². The molecule has 1 aromatic rings. The average molecular weight is 326 g/mol. The number of nitrogens with one attached hydrogen (secondary N) is 1. The summed E-state index contributed by atoms with van der Waals surface area (Å²) in [5.74, 6) is 0.614. The fraction of sp³-hybridized carbons (Fsp3) is 0.647. The molecule has 0 saturated heterocycles. The molecule has 0 spiro atoms. The molecule has 0 bridgehead atoms. The highest BCUT2D eigenvalue weighted by atomic mass is 79.9. The van der Waals surface area contributed by atoms with Gasteiger partial charge in [0, 0.05) is 16.6 Å². The van der Waals surface area contributed by atoms with E-state index < -0.39 is 0 Å². The molecule has 0 aliphatic rings. The van der Waals surface area contributed by atoms with E-state index in [0.717, 1.165) is 6.54 Å². The van der Waals surface area contributed by atoms with Crippen LogP contribution in [-0.4, -0.2) is 12.1 Å². The number of hydrogen-bond donors (Lipinski definition) is 1. The predicted molar refractivity (Wildman–Crippen MR) is 88.8 cm³/mol. The first-order valence-electron chi connectivity index (χ1n) is 7.43. The van der Waals surface area contributed by atoms with E-state index in [9.17, 15) is 0 Å². The summed E-state index contributed by atoms with van der Waals surface area (Å²) in [6.07, 6.45) is 5.21. The molecule has 108 valence electrons. The third-order valence-corrected chi connectivity index (χ3v) is 3.85. The number of unbranched alkanes of at least 4 members (excludes halogenated alkanes) is 2. The van der Waals surface area contributed by atoms with Crippen molar-refractivity contribution in [2.45, 2.75) is 64.8 Å². The van der Waals surface area contributed by atoms with E-state index in [-0.39, 0.29) is 5.54 Å². The molecule has 19 heavy (non-hydrogen) atoms. The van der Waals surface area contributed by atoms with Crippen LogP contribution in [0.1, 0.15) is 64.9 Å². The Bertz CT molecular complexity index is 368. The van der Waals surface area contributed by atoms with E-state index in [1.54, 1.807) is 0 Å². The molecule has 1 N–H and O–H groups in total. The smallest absolute Gasteiger partial charge is 0.0178 e. The van der Waals surface area contributed by atoms with Crippen molar-refractivity contribution in [2.75, 3.05) is 6.54 Å². The fourth-order valence-corrected chi connectivity index (χ4v) is 2.63. The minimum atomic E-state index is 0.190. The van der Waals surface area contributed by atoms with Crippen molar-refractivity contribution >= 4 is 15.9 Å². The summed E-state index contributed by atoms with van der Waals surface area (Å²) in [4.78, 5) is 0. The van der Waals surface area contributed by atoms with Crippen molar-refractivity contribution in [3.8, 4) is 0 Å². The van der Waals surface area contributed by atoms with E-state index in [0.29, 0.717) is 5.92 Å². The van der Waals surface area contributed by atoms with Crippen molar-refractivity contribution < 1.29 is 0 Å². The molecule has 0 aromatic heterocycles. The summed E-state index contributed by atoms with van der Waals surface area (Å²) in [5, 5.41) is 3.65. The summed E-state index contributed by atoms with van der Waals surface area (Å²) < 4.78 is 1.18. The average Bonchev–Trinajstić information content (AvgIpc) is 2.32. The van der Waals surface area contributed by atoms with Gasteiger partial charge in [-0.15, -0.1) is 0 Å². The van der Waals surface area contributed by atoms with Crippen LogP contribution in [0.25, 0.3) is 0 Å². The molecule has 1 aromatic carbocycles. The number of hydrogen-bond acceptors (Lipinski definition) is 1. The molecule has 0 fully saturated rings. The zero-order valence-corrected chi connectivity index (χ0v) is 14.4. The lowest BCUT2D eigenvalue weighted by molar-refractivity contribution is 0.394. The Morgan fingerprint density at radius 3 is 2.53 bits per heavy atom. The second-order valence-electron chi connectivity index (χ2n) is 6.38. The van der Waals surface area contributed by atoms with Crippen LogP contribution in [0, 0.1) is 0 Å². The summed E-state index contributed by atoms with van der Waals surface area (Å²) >= 11 is 3.58. The van der Waals surface area contributed by atoms with E-state index >= 15 is 0 Å². The van der Waals surface area contributed by atoms with Crippen LogP contribution in [0.5, 0.6) is 0 Å². The van der Waals surface area contributed by atoms with Gasteiger partial charge in [0.15, 0.2) is 0 Å². The van der Waals surface area contributed by atoms with Crippen LogP contribution >= 0.6 is 15.9 Å². The lowest BCUT2D eigenvalue weighted by Gasteiger charge is -2.26. The first-order valence-corrected chi connectivity index (χ1v) is 8.22. The van der Waals surface area contributed by atoms with Crippen molar-refractivity contribution in [2.24, 2.45) is 0 Å². The van der Waals surface area contributed by atoms with Crippen LogP contribution in [0.3, 0.4) is 0 Å². The SMILES string of the molecule is CCCCCC(CNC(C)(C)C)c1cccc(Br)c1. The third kappa shape index (κ3) is 7.12. The van der Waals surface area contributed by atoms with E-state index in [2.05, 4.69) is 73.2 Å². The highest BCUT2D eigenvalue weighted by Gasteiger charge is 2.15. The minimum absolute atomic E-state index is 0.190. The van der Waals surface area contributed by atoms with Gasteiger partial charge in [0.05, 0.1) is 0 Å². The summed E-state index contributed by atoms with van der Waals surface area (Å²) in [5.41, 5.74) is 1.64. The largest absolute Gasteiger partial charge is 0.311 e. The first-order chi connectivity index (χ1) is 8.92. The number of rotatable bonds is 7. The Labute approximate surface area is 127 Å². The zero-order valence-electron chi connectivity index (χ0n) is 12.8. The molecule has 0 aliphatic carbocycles. The third-order valence-electron chi connectivity index (χ3n) is 3.36. The molecule has 0 saturated carbocycles. The summed E-state index contributed by atoms with van der Waals surface area (Å²) in [6.45, 7) is 10.0. The molecule has 2 heteroatoms. The van der Waals surface area contributed by atoms with Crippen LogP contribution < -0.4 is 5.32 Å². The maximum Gasteiger partial charge on any atom is 0.0178 e. The van der Waals surface area contributed by atoms with Gasteiger partial charge in [0.1, 0.15) is 0 Å². The molecular formula is C17H28BrN. The van der Waals surface area contributed by atoms with Crippen molar-refractivity contribution in [3.05, 3.63) is 34.3 Å². The van der Waals surface area contributed by atoms with Crippen LogP contribution in [0.15, 0.2) is 28.7 Å². The molecule has 0 radical (unpaired) electrons. The summed E-state index contributed by atoms with van der Waals surface area (Å²) in [6, 6.07) is 8.76. The van der Waals surface area contributed by atoms with Gasteiger partial charge < -0.3 is 5.32 Å². The Morgan fingerprint density at radius 2 is 1.95 bits per heavy atom. The topological polar surface area (TPSA) is 12.0 Å². The van der Waals surface area contributed by atoms with Gasteiger partial charge in [-0.05, 0) is 50.8 Å². The first kappa shape index (κ1) is 16.7. The molecule has 0 amide bonds. The maximum absolute atomic E-state index is 3.65. The highest BCUT2D eigenvalue weighted by molar-refractivity contribution is 9.10. The quantitative estimate of drug-likeness (QED) is 0.652. The lowest BCUT2D eigenvalue weighted by Crippen LogP contribution is -2.38. The van der Waals surface area contributed by atoms with Crippen molar-refractivity contribution in [1.82, 2.24) is 5.32 Å². The standard InChI is InChI=1S/C17H28BrN/c1-5-6-7-9-15(13-19-17(2,3)4)14-10-8-11-16(18)12-14/h8,10-12,15,19H,5-7,9,13H2,1-4H3. The van der Waals surface area contributed by atoms with Gasteiger partial charge in [0.25, 0.3) is 0 Å². The monoisotopic (exact) mass is 325 g/mol. The Kier molecular flexibility index (Phi) is 7.09. The number of benzene rings is 1. The van der Waals surface area contributed by atoms with Gasteiger partial charge in [-0.2, -0.15) is 0 Å². The van der Waals surface area contributed by atoms with Gasteiger partial charge >= 0.3 is 0 Å². The number of halogens is 1. The van der Waals surface area contributed by atoms with E-state index in [4.69, 9.17) is 0 Å². The molecule has 1 atom stereocenters. The van der Waals surface area contributed by atoms with Crippen LogP contribution in [0.2, 0.25) is 0 Å². The molecular weight excluding hydrogens is 298 g/mol. The highest BCUT2D eigenvalue weighted by Crippen LogP contribution is 2.25.